The first-order chi connectivity index (χ1) is 5.06. The van der Waals surface area contributed by atoms with Gasteiger partial charge in [-0.15, -0.1) is 0 Å². The van der Waals surface area contributed by atoms with Crippen LogP contribution in [0.15, 0.2) is 0 Å². The predicted molar refractivity (Wildman–Crippen MR) is 46.4 cm³/mol. The van der Waals surface area contributed by atoms with E-state index in [9.17, 15) is 4.79 Å². The number of ketones is 1. The third-order valence-electron chi connectivity index (χ3n) is 3.02. The third kappa shape index (κ3) is 1.82. The van der Waals surface area contributed by atoms with Crippen LogP contribution in [0.1, 0.15) is 46.5 Å². The Kier molecular flexibility index (Phi) is 2.36. The van der Waals surface area contributed by atoms with Crippen molar-refractivity contribution in [2.24, 2.45) is 11.3 Å². The van der Waals surface area contributed by atoms with E-state index in [0.717, 1.165) is 25.2 Å². The molecule has 0 radical (unpaired) electrons. The molecule has 0 aromatic heterocycles. The molecule has 0 bridgehead atoms. The average Bonchev–Trinajstić information content (AvgIpc) is 1.85. The Morgan fingerprint density at radius 3 is 2.64 bits per heavy atom. The van der Waals surface area contributed by atoms with Crippen molar-refractivity contribution in [2.45, 2.75) is 46.5 Å². The highest BCUT2D eigenvalue weighted by Crippen LogP contribution is 2.40. The summed E-state index contributed by atoms with van der Waals surface area (Å²) < 4.78 is 0. The van der Waals surface area contributed by atoms with Gasteiger partial charge in [-0.1, -0.05) is 27.2 Å². The van der Waals surface area contributed by atoms with Gasteiger partial charge < -0.3 is 0 Å². The zero-order chi connectivity index (χ0) is 8.48. The molecule has 0 aromatic carbocycles. The number of rotatable bonds is 1. The number of carbonyl (C=O) groups excluding carboxylic acids is 1. The molecule has 0 aromatic rings. The summed E-state index contributed by atoms with van der Waals surface area (Å²) in [7, 11) is 0. The Bertz CT molecular complexity index is 158. The van der Waals surface area contributed by atoms with E-state index in [-0.39, 0.29) is 5.41 Å². The van der Waals surface area contributed by atoms with Crippen molar-refractivity contribution >= 4 is 5.78 Å². The fourth-order valence-corrected chi connectivity index (χ4v) is 2.22. The molecule has 1 rings (SSSR count). The van der Waals surface area contributed by atoms with Crippen LogP contribution in [0.2, 0.25) is 0 Å². The molecule has 1 heteroatoms. The summed E-state index contributed by atoms with van der Waals surface area (Å²) in [6.07, 6.45) is 3.95. The molecule has 1 saturated carbocycles. The van der Waals surface area contributed by atoms with Crippen molar-refractivity contribution in [1.82, 2.24) is 0 Å². The van der Waals surface area contributed by atoms with E-state index in [1.807, 2.05) is 0 Å². The van der Waals surface area contributed by atoms with Gasteiger partial charge in [0, 0.05) is 12.8 Å². The summed E-state index contributed by atoms with van der Waals surface area (Å²) >= 11 is 0. The van der Waals surface area contributed by atoms with Gasteiger partial charge in [-0.2, -0.15) is 0 Å². The number of Topliss-reactive ketones (excluding diaryl/α,β-unsaturated/α-hetero) is 1. The quantitative estimate of drug-likeness (QED) is 0.567. The molecular formula is C10H18O. The van der Waals surface area contributed by atoms with Crippen LogP contribution in [-0.2, 0) is 4.79 Å². The fraction of sp³-hybridized carbons (Fsp3) is 0.900. The number of carbonyl (C=O) groups is 1. The molecule has 0 amide bonds. The van der Waals surface area contributed by atoms with Gasteiger partial charge in [0.05, 0.1) is 0 Å². The van der Waals surface area contributed by atoms with Gasteiger partial charge in [0.15, 0.2) is 0 Å². The molecule has 0 spiro atoms. The SMILES string of the molecule is CCC1CCC(=O)CC1(C)C. The third-order valence-corrected chi connectivity index (χ3v) is 3.02. The smallest absolute Gasteiger partial charge is 0.133 e. The molecule has 1 unspecified atom stereocenters. The summed E-state index contributed by atoms with van der Waals surface area (Å²) in [6, 6.07) is 0. The summed E-state index contributed by atoms with van der Waals surface area (Å²) in [5.41, 5.74) is 0.268. The lowest BCUT2D eigenvalue weighted by Gasteiger charge is -2.37. The molecular weight excluding hydrogens is 136 g/mol. The highest BCUT2D eigenvalue weighted by Gasteiger charge is 2.34. The van der Waals surface area contributed by atoms with Crippen LogP contribution in [0.5, 0.6) is 0 Å². The van der Waals surface area contributed by atoms with Gasteiger partial charge in [0.1, 0.15) is 5.78 Å². The zero-order valence-electron chi connectivity index (χ0n) is 7.81. The second-order valence-corrected chi connectivity index (χ2v) is 4.35. The van der Waals surface area contributed by atoms with E-state index in [0.29, 0.717) is 5.78 Å². The van der Waals surface area contributed by atoms with E-state index in [1.165, 1.54) is 6.42 Å². The van der Waals surface area contributed by atoms with Crippen LogP contribution in [0.4, 0.5) is 0 Å². The molecule has 1 fully saturated rings. The van der Waals surface area contributed by atoms with Crippen molar-refractivity contribution in [2.75, 3.05) is 0 Å². The first kappa shape index (κ1) is 8.76. The van der Waals surface area contributed by atoms with Crippen molar-refractivity contribution in [3.63, 3.8) is 0 Å². The summed E-state index contributed by atoms with van der Waals surface area (Å²) in [6.45, 7) is 6.67. The molecule has 0 aliphatic heterocycles. The van der Waals surface area contributed by atoms with Crippen LogP contribution >= 0.6 is 0 Å². The summed E-state index contributed by atoms with van der Waals surface area (Å²) in [5, 5.41) is 0. The summed E-state index contributed by atoms with van der Waals surface area (Å²) in [4.78, 5) is 11.1. The Morgan fingerprint density at radius 2 is 2.18 bits per heavy atom. The van der Waals surface area contributed by atoms with Gasteiger partial charge in [-0.05, 0) is 17.8 Å². The lowest BCUT2D eigenvalue weighted by atomic mass is 9.67. The highest BCUT2D eigenvalue weighted by atomic mass is 16.1. The van der Waals surface area contributed by atoms with Crippen molar-refractivity contribution in [3.8, 4) is 0 Å². The molecule has 0 heterocycles. The van der Waals surface area contributed by atoms with E-state index in [1.54, 1.807) is 0 Å². The maximum absolute atomic E-state index is 11.1. The fourth-order valence-electron chi connectivity index (χ4n) is 2.22. The Balaban J connectivity index is 2.63. The lowest BCUT2D eigenvalue weighted by molar-refractivity contribution is -0.124. The van der Waals surface area contributed by atoms with Crippen LogP contribution in [0, 0.1) is 11.3 Å². The first-order valence-corrected chi connectivity index (χ1v) is 4.58. The topological polar surface area (TPSA) is 17.1 Å². The lowest BCUT2D eigenvalue weighted by Crippen LogP contribution is -2.31. The molecule has 1 aliphatic rings. The van der Waals surface area contributed by atoms with E-state index in [2.05, 4.69) is 20.8 Å². The number of hydrogen-bond acceptors (Lipinski definition) is 1. The van der Waals surface area contributed by atoms with E-state index < -0.39 is 0 Å². The number of hydrogen-bond donors (Lipinski definition) is 0. The molecule has 0 saturated heterocycles. The molecule has 1 nitrogen and oxygen atoms in total. The Morgan fingerprint density at radius 1 is 1.55 bits per heavy atom. The molecule has 11 heavy (non-hydrogen) atoms. The maximum Gasteiger partial charge on any atom is 0.133 e. The van der Waals surface area contributed by atoms with E-state index in [4.69, 9.17) is 0 Å². The maximum atomic E-state index is 11.1. The molecule has 1 atom stereocenters. The van der Waals surface area contributed by atoms with Crippen LogP contribution in [0.25, 0.3) is 0 Å². The minimum absolute atomic E-state index is 0.268. The average molecular weight is 154 g/mol. The molecule has 64 valence electrons. The van der Waals surface area contributed by atoms with Gasteiger partial charge in [-0.3, -0.25) is 4.79 Å². The Hall–Kier alpha value is -0.330. The minimum atomic E-state index is 0.268. The minimum Gasteiger partial charge on any atom is -0.300 e. The van der Waals surface area contributed by atoms with Crippen LogP contribution in [0.3, 0.4) is 0 Å². The normalized spacial score (nSPS) is 30.5. The second-order valence-electron chi connectivity index (χ2n) is 4.35. The van der Waals surface area contributed by atoms with Gasteiger partial charge in [0.25, 0.3) is 0 Å². The van der Waals surface area contributed by atoms with Gasteiger partial charge >= 0.3 is 0 Å². The predicted octanol–water partition coefficient (Wildman–Crippen LogP) is 2.79. The monoisotopic (exact) mass is 154 g/mol. The van der Waals surface area contributed by atoms with Crippen molar-refractivity contribution in [1.29, 1.82) is 0 Å². The van der Waals surface area contributed by atoms with Gasteiger partial charge in [-0.25, -0.2) is 0 Å². The summed E-state index contributed by atoms with van der Waals surface area (Å²) in [5.74, 6) is 1.22. The Labute approximate surface area is 69.2 Å². The van der Waals surface area contributed by atoms with Crippen molar-refractivity contribution < 1.29 is 4.79 Å². The second kappa shape index (κ2) is 2.96. The van der Waals surface area contributed by atoms with Gasteiger partial charge in [0.2, 0.25) is 0 Å². The van der Waals surface area contributed by atoms with E-state index >= 15 is 0 Å². The van der Waals surface area contributed by atoms with Crippen LogP contribution < -0.4 is 0 Å². The first-order valence-electron chi connectivity index (χ1n) is 4.58. The van der Waals surface area contributed by atoms with Crippen molar-refractivity contribution in [3.05, 3.63) is 0 Å². The standard InChI is InChI=1S/C10H18O/c1-4-8-5-6-9(11)7-10(8,2)3/h8H,4-7H2,1-3H3. The molecule has 0 N–H and O–H groups in total. The largest absolute Gasteiger partial charge is 0.300 e. The van der Waals surface area contributed by atoms with Crippen LogP contribution in [-0.4, -0.2) is 5.78 Å². The zero-order valence-corrected chi connectivity index (χ0v) is 7.81. The molecule has 1 aliphatic carbocycles. The highest BCUT2D eigenvalue weighted by molar-refractivity contribution is 5.79.